The molecule has 1 atom stereocenters. The summed E-state index contributed by atoms with van der Waals surface area (Å²) >= 11 is 0. The van der Waals surface area contributed by atoms with E-state index in [9.17, 15) is 8.78 Å². The van der Waals surface area contributed by atoms with Crippen molar-refractivity contribution in [1.29, 1.82) is 0 Å². The molecule has 1 fully saturated rings. The summed E-state index contributed by atoms with van der Waals surface area (Å²) in [6, 6.07) is 6.77. The van der Waals surface area contributed by atoms with Gasteiger partial charge in [0, 0.05) is 11.1 Å². The number of nitrogens with one attached hydrogen (secondary N) is 1. The summed E-state index contributed by atoms with van der Waals surface area (Å²) in [4.78, 5) is 0. The second kappa shape index (κ2) is 5.35. The quantitative estimate of drug-likeness (QED) is 0.857. The van der Waals surface area contributed by atoms with Crippen molar-refractivity contribution in [2.75, 3.05) is 6.54 Å². The van der Waals surface area contributed by atoms with Gasteiger partial charge in [0.2, 0.25) is 0 Å². The molecule has 1 aromatic rings. The highest BCUT2D eigenvalue weighted by Gasteiger charge is 2.36. The first-order valence-corrected chi connectivity index (χ1v) is 6.65. The van der Waals surface area contributed by atoms with Gasteiger partial charge in [-0.1, -0.05) is 38.1 Å². The van der Waals surface area contributed by atoms with Crippen molar-refractivity contribution in [1.82, 2.24) is 5.32 Å². The molecule has 1 aliphatic heterocycles. The first-order chi connectivity index (χ1) is 8.53. The summed E-state index contributed by atoms with van der Waals surface area (Å²) in [6.45, 7) is 5.52. The lowest BCUT2D eigenvalue weighted by Gasteiger charge is -2.34. The predicted molar refractivity (Wildman–Crippen MR) is 69.9 cm³/mol. The molecule has 1 saturated heterocycles. The fourth-order valence-electron chi connectivity index (χ4n) is 2.82. The lowest BCUT2D eigenvalue weighted by atomic mass is 9.80. The number of hydrogen-bond donors (Lipinski definition) is 1. The molecule has 0 amide bonds. The van der Waals surface area contributed by atoms with Crippen LogP contribution in [0.15, 0.2) is 24.3 Å². The van der Waals surface area contributed by atoms with E-state index in [1.165, 1.54) is 12.8 Å². The fourth-order valence-corrected chi connectivity index (χ4v) is 2.82. The molecule has 1 aliphatic rings. The molecule has 0 saturated carbocycles. The SMILES string of the molecule is CC(C)C1(Cc2ccc(C(F)F)cc2)CCCN1. The number of benzene rings is 1. The summed E-state index contributed by atoms with van der Waals surface area (Å²) in [7, 11) is 0. The van der Waals surface area contributed by atoms with Crippen molar-refractivity contribution in [3.8, 4) is 0 Å². The van der Waals surface area contributed by atoms with E-state index in [2.05, 4.69) is 19.2 Å². The maximum atomic E-state index is 12.5. The predicted octanol–water partition coefficient (Wildman–Crippen LogP) is 3.94. The van der Waals surface area contributed by atoms with Crippen molar-refractivity contribution in [2.24, 2.45) is 5.92 Å². The van der Waals surface area contributed by atoms with Gasteiger partial charge in [0.25, 0.3) is 6.43 Å². The van der Waals surface area contributed by atoms with E-state index in [1.54, 1.807) is 12.1 Å². The third-order valence-corrected chi connectivity index (χ3v) is 4.13. The molecular formula is C15H21F2N. The molecule has 100 valence electrons. The molecule has 2 rings (SSSR count). The Hall–Kier alpha value is -0.960. The van der Waals surface area contributed by atoms with E-state index in [0.29, 0.717) is 5.92 Å². The molecule has 0 spiro atoms. The van der Waals surface area contributed by atoms with E-state index < -0.39 is 6.43 Å². The number of alkyl halides is 2. The van der Waals surface area contributed by atoms with Crippen molar-refractivity contribution in [3.05, 3.63) is 35.4 Å². The lowest BCUT2D eigenvalue weighted by molar-refractivity contribution is 0.151. The van der Waals surface area contributed by atoms with Crippen LogP contribution in [0.3, 0.4) is 0 Å². The van der Waals surface area contributed by atoms with Crippen LogP contribution in [0.1, 0.15) is 44.2 Å². The topological polar surface area (TPSA) is 12.0 Å². The van der Waals surface area contributed by atoms with Crippen LogP contribution in [0.25, 0.3) is 0 Å². The maximum absolute atomic E-state index is 12.5. The van der Waals surface area contributed by atoms with Crippen LogP contribution in [0.5, 0.6) is 0 Å². The van der Waals surface area contributed by atoms with Crippen LogP contribution in [0.4, 0.5) is 8.78 Å². The zero-order valence-electron chi connectivity index (χ0n) is 11.0. The molecule has 0 radical (unpaired) electrons. The first-order valence-electron chi connectivity index (χ1n) is 6.65. The number of halogens is 2. The van der Waals surface area contributed by atoms with E-state index in [-0.39, 0.29) is 11.1 Å². The van der Waals surface area contributed by atoms with Crippen molar-refractivity contribution in [2.45, 2.75) is 45.1 Å². The number of rotatable bonds is 4. The second-order valence-electron chi connectivity index (χ2n) is 5.56. The molecule has 1 unspecified atom stereocenters. The van der Waals surface area contributed by atoms with Gasteiger partial charge < -0.3 is 5.32 Å². The third-order valence-electron chi connectivity index (χ3n) is 4.13. The molecular weight excluding hydrogens is 232 g/mol. The van der Waals surface area contributed by atoms with Crippen LogP contribution in [0, 0.1) is 5.92 Å². The Morgan fingerprint density at radius 2 is 1.89 bits per heavy atom. The molecule has 3 heteroatoms. The summed E-state index contributed by atoms with van der Waals surface area (Å²) in [5.74, 6) is 0.551. The van der Waals surface area contributed by atoms with Crippen molar-refractivity contribution < 1.29 is 8.78 Å². The van der Waals surface area contributed by atoms with E-state index in [4.69, 9.17) is 0 Å². The van der Waals surface area contributed by atoms with E-state index in [0.717, 1.165) is 18.5 Å². The largest absolute Gasteiger partial charge is 0.311 e. The van der Waals surface area contributed by atoms with Gasteiger partial charge in [-0.3, -0.25) is 0 Å². The monoisotopic (exact) mass is 253 g/mol. The molecule has 1 N–H and O–H groups in total. The van der Waals surface area contributed by atoms with Gasteiger partial charge in [0.05, 0.1) is 0 Å². The van der Waals surface area contributed by atoms with Gasteiger partial charge in [-0.15, -0.1) is 0 Å². The Labute approximate surface area is 108 Å². The zero-order valence-corrected chi connectivity index (χ0v) is 11.0. The Morgan fingerprint density at radius 1 is 1.22 bits per heavy atom. The summed E-state index contributed by atoms with van der Waals surface area (Å²) in [6.07, 6.45) is 0.922. The Balaban J connectivity index is 2.12. The minimum atomic E-state index is -2.37. The average Bonchev–Trinajstić information content (AvgIpc) is 2.79. The highest BCUT2D eigenvalue weighted by Crippen LogP contribution is 2.31. The normalized spacial score (nSPS) is 24.1. The molecule has 1 aromatic carbocycles. The number of hydrogen-bond acceptors (Lipinski definition) is 1. The third kappa shape index (κ3) is 2.72. The molecule has 0 aromatic heterocycles. The van der Waals surface area contributed by atoms with Gasteiger partial charge in [-0.05, 0) is 37.3 Å². The molecule has 1 nitrogen and oxygen atoms in total. The van der Waals surface area contributed by atoms with Gasteiger partial charge in [0.1, 0.15) is 0 Å². The highest BCUT2D eigenvalue weighted by atomic mass is 19.3. The molecule has 1 heterocycles. The van der Waals surface area contributed by atoms with Gasteiger partial charge in [0.15, 0.2) is 0 Å². The smallest absolute Gasteiger partial charge is 0.263 e. The van der Waals surface area contributed by atoms with Crippen LogP contribution in [-0.2, 0) is 6.42 Å². The molecule has 0 aliphatic carbocycles. The standard InChI is InChI=1S/C15H21F2N/c1-11(2)15(8-3-9-18-15)10-12-4-6-13(7-5-12)14(16)17/h4-7,11,14,18H,3,8-10H2,1-2H3. The summed E-state index contributed by atoms with van der Waals surface area (Å²) in [5.41, 5.74) is 1.39. The fraction of sp³-hybridized carbons (Fsp3) is 0.600. The second-order valence-corrected chi connectivity index (χ2v) is 5.56. The summed E-state index contributed by atoms with van der Waals surface area (Å²) in [5, 5.41) is 3.61. The van der Waals surface area contributed by atoms with Gasteiger partial charge >= 0.3 is 0 Å². The first kappa shape index (κ1) is 13.5. The lowest BCUT2D eigenvalue weighted by Crippen LogP contribution is -2.46. The summed E-state index contributed by atoms with van der Waals surface area (Å²) < 4.78 is 25.0. The van der Waals surface area contributed by atoms with E-state index >= 15 is 0 Å². The van der Waals surface area contributed by atoms with Crippen LogP contribution >= 0.6 is 0 Å². The van der Waals surface area contributed by atoms with Gasteiger partial charge in [-0.25, -0.2) is 8.78 Å². The minimum absolute atomic E-state index is 0.108. The average molecular weight is 253 g/mol. The minimum Gasteiger partial charge on any atom is -0.311 e. The Kier molecular flexibility index (Phi) is 4.00. The Bertz CT molecular complexity index is 378. The Morgan fingerprint density at radius 3 is 2.33 bits per heavy atom. The zero-order chi connectivity index (χ0) is 13.2. The molecule has 0 bridgehead atoms. The van der Waals surface area contributed by atoms with E-state index in [1.807, 2.05) is 12.1 Å². The van der Waals surface area contributed by atoms with Gasteiger partial charge in [-0.2, -0.15) is 0 Å². The van der Waals surface area contributed by atoms with Crippen molar-refractivity contribution >= 4 is 0 Å². The van der Waals surface area contributed by atoms with Crippen LogP contribution in [0.2, 0.25) is 0 Å². The molecule has 18 heavy (non-hydrogen) atoms. The maximum Gasteiger partial charge on any atom is 0.263 e. The van der Waals surface area contributed by atoms with Crippen LogP contribution < -0.4 is 5.32 Å². The highest BCUT2D eigenvalue weighted by molar-refractivity contribution is 5.25. The van der Waals surface area contributed by atoms with Crippen LogP contribution in [-0.4, -0.2) is 12.1 Å². The van der Waals surface area contributed by atoms with Crippen molar-refractivity contribution in [3.63, 3.8) is 0 Å².